The third kappa shape index (κ3) is 4.25. The fourth-order valence-corrected chi connectivity index (χ4v) is 1.94. The van der Waals surface area contributed by atoms with E-state index in [-0.39, 0.29) is 18.1 Å². The summed E-state index contributed by atoms with van der Waals surface area (Å²) >= 11 is 0. The molecule has 110 valence electrons. The average Bonchev–Trinajstić information content (AvgIpc) is 2.45. The monoisotopic (exact) mass is 290 g/mol. The first kappa shape index (κ1) is 14.9. The van der Waals surface area contributed by atoms with Gasteiger partial charge in [-0.2, -0.15) is 0 Å². The van der Waals surface area contributed by atoms with Crippen LogP contribution >= 0.6 is 0 Å². The molecule has 5 nitrogen and oxygen atoms in total. The van der Waals surface area contributed by atoms with Crippen LogP contribution in [0.4, 0.5) is 10.1 Å². The summed E-state index contributed by atoms with van der Waals surface area (Å²) in [4.78, 5) is 10.2. The van der Waals surface area contributed by atoms with Crippen molar-refractivity contribution in [1.82, 2.24) is 5.32 Å². The summed E-state index contributed by atoms with van der Waals surface area (Å²) in [5, 5.41) is 13.6. The van der Waals surface area contributed by atoms with Crippen LogP contribution in [0, 0.1) is 15.9 Å². The van der Waals surface area contributed by atoms with Crippen molar-refractivity contribution in [2.75, 3.05) is 7.05 Å². The molecule has 0 fully saturated rings. The predicted molar refractivity (Wildman–Crippen MR) is 76.6 cm³/mol. The molecule has 0 aliphatic heterocycles. The van der Waals surface area contributed by atoms with E-state index >= 15 is 0 Å². The SMILES string of the molecule is CNCc1cc(F)cc(OCc2cccc([N+](=O)[O-])c2)c1. The zero-order valence-corrected chi connectivity index (χ0v) is 11.5. The first-order valence-electron chi connectivity index (χ1n) is 6.38. The van der Waals surface area contributed by atoms with Crippen LogP contribution in [0.3, 0.4) is 0 Å². The normalized spacial score (nSPS) is 10.4. The quantitative estimate of drug-likeness (QED) is 0.656. The molecule has 0 aromatic heterocycles. The summed E-state index contributed by atoms with van der Waals surface area (Å²) in [6.45, 7) is 0.676. The van der Waals surface area contributed by atoms with Crippen LogP contribution in [-0.4, -0.2) is 12.0 Å². The maximum atomic E-state index is 13.4. The zero-order valence-electron chi connectivity index (χ0n) is 11.5. The molecule has 1 N–H and O–H groups in total. The van der Waals surface area contributed by atoms with Crippen molar-refractivity contribution in [2.45, 2.75) is 13.2 Å². The van der Waals surface area contributed by atoms with Gasteiger partial charge >= 0.3 is 0 Å². The number of hydrogen-bond donors (Lipinski definition) is 1. The van der Waals surface area contributed by atoms with Gasteiger partial charge in [-0.3, -0.25) is 10.1 Å². The van der Waals surface area contributed by atoms with E-state index in [1.165, 1.54) is 24.3 Å². The number of benzene rings is 2. The third-order valence-electron chi connectivity index (χ3n) is 2.84. The highest BCUT2D eigenvalue weighted by Crippen LogP contribution is 2.19. The Morgan fingerprint density at radius 3 is 2.76 bits per heavy atom. The topological polar surface area (TPSA) is 64.4 Å². The molecule has 0 atom stereocenters. The van der Waals surface area contributed by atoms with Gasteiger partial charge in [0.15, 0.2) is 0 Å². The lowest BCUT2D eigenvalue weighted by atomic mass is 10.2. The van der Waals surface area contributed by atoms with Crippen molar-refractivity contribution >= 4 is 5.69 Å². The first-order chi connectivity index (χ1) is 10.1. The Balaban J connectivity index is 2.09. The number of ether oxygens (including phenoxy) is 1. The minimum absolute atomic E-state index is 0.00575. The fraction of sp³-hybridized carbons (Fsp3) is 0.200. The summed E-state index contributed by atoms with van der Waals surface area (Å²) in [6, 6.07) is 10.6. The molecule has 2 aromatic carbocycles. The molecule has 0 saturated heterocycles. The van der Waals surface area contributed by atoms with E-state index in [2.05, 4.69) is 5.32 Å². The lowest BCUT2D eigenvalue weighted by Crippen LogP contribution is -2.06. The van der Waals surface area contributed by atoms with E-state index < -0.39 is 4.92 Å². The van der Waals surface area contributed by atoms with Gasteiger partial charge in [0.05, 0.1) is 4.92 Å². The van der Waals surface area contributed by atoms with Crippen molar-refractivity contribution in [1.29, 1.82) is 0 Å². The van der Waals surface area contributed by atoms with Crippen LogP contribution in [0.25, 0.3) is 0 Å². The third-order valence-corrected chi connectivity index (χ3v) is 2.84. The highest BCUT2D eigenvalue weighted by Gasteiger charge is 2.07. The number of nitro benzene ring substituents is 1. The first-order valence-corrected chi connectivity index (χ1v) is 6.38. The highest BCUT2D eigenvalue weighted by atomic mass is 19.1. The van der Waals surface area contributed by atoms with Gasteiger partial charge in [0.1, 0.15) is 18.2 Å². The van der Waals surface area contributed by atoms with E-state index in [4.69, 9.17) is 4.74 Å². The molecular weight excluding hydrogens is 275 g/mol. The number of nitro groups is 1. The Morgan fingerprint density at radius 2 is 2.05 bits per heavy atom. The molecule has 0 amide bonds. The molecule has 2 rings (SSSR count). The number of nitrogens with one attached hydrogen (secondary N) is 1. The van der Waals surface area contributed by atoms with Gasteiger partial charge in [-0.05, 0) is 30.3 Å². The fourth-order valence-electron chi connectivity index (χ4n) is 1.94. The Bertz CT molecular complexity index is 647. The summed E-state index contributed by atoms with van der Waals surface area (Å²) in [5.74, 6) is 0.0172. The molecule has 0 aliphatic rings. The van der Waals surface area contributed by atoms with E-state index in [9.17, 15) is 14.5 Å². The predicted octanol–water partition coefficient (Wildman–Crippen LogP) is 3.03. The van der Waals surface area contributed by atoms with E-state index in [1.54, 1.807) is 25.2 Å². The number of non-ortho nitro benzene ring substituents is 1. The van der Waals surface area contributed by atoms with Crippen molar-refractivity contribution in [3.63, 3.8) is 0 Å². The molecule has 0 aliphatic carbocycles. The van der Waals surface area contributed by atoms with Gasteiger partial charge in [0.25, 0.3) is 5.69 Å². The van der Waals surface area contributed by atoms with Crippen LogP contribution in [0.1, 0.15) is 11.1 Å². The average molecular weight is 290 g/mol. The lowest BCUT2D eigenvalue weighted by Gasteiger charge is -2.09. The second kappa shape index (κ2) is 6.81. The largest absolute Gasteiger partial charge is 0.489 e. The van der Waals surface area contributed by atoms with Crippen LogP contribution in [0.5, 0.6) is 5.75 Å². The molecule has 0 saturated carbocycles. The Labute approximate surface area is 121 Å². The van der Waals surface area contributed by atoms with Crippen LogP contribution < -0.4 is 10.1 Å². The van der Waals surface area contributed by atoms with Gasteiger partial charge in [0, 0.05) is 24.7 Å². The van der Waals surface area contributed by atoms with Gasteiger partial charge in [0.2, 0.25) is 0 Å². The number of hydrogen-bond acceptors (Lipinski definition) is 4. The van der Waals surface area contributed by atoms with Crippen molar-refractivity contribution < 1.29 is 14.1 Å². The van der Waals surface area contributed by atoms with E-state index in [0.29, 0.717) is 17.9 Å². The van der Waals surface area contributed by atoms with Crippen molar-refractivity contribution in [3.8, 4) is 5.75 Å². The maximum Gasteiger partial charge on any atom is 0.269 e. The molecular formula is C15H15FN2O3. The van der Waals surface area contributed by atoms with Crippen molar-refractivity contribution in [2.24, 2.45) is 0 Å². The molecule has 0 radical (unpaired) electrons. The number of nitrogens with zero attached hydrogens (tertiary/aromatic N) is 1. The molecule has 0 bridgehead atoms. The van der Waals surface area contributed by atoms with Crippen LogP contribution in [-0.2, 0) is 13.2 Å². The van der Waals surface area contributed by atoms with Crippen molar-refractivity contribution in [3.05, 3.63) is 69.5 Å². The molecule has 6 heteroatoms. The summed E-state index contributed by atoms with van der Waals surface area (Å²) in [7, 11) is 1.77. The Hall–Kier alpha value is -2.47. The van der Waals surface area contributed by atoms with Gasteiger partial charge in [-0.15, -0.1) is 0 Å². The van der Waals surface area contributed by atoms with Gasteiger partial charge < -0.3 is 10.1 Å². The van der Waals surface area contributed by atoms with E-state index in [1.807, 2.05) is 0 Å². The number of halogens is 1. The number of rotatable bonds is 6. The summed E-state index contributed by atoms with van der Waals surface area (Å²) < 4.78 is 19.0. The molecule has 2 aromatic rings. The summed E-state index contributed by atoms with van der Waals surface area (Å²) in [6.07, 6.45) is 0. The van der Waals surface area contributed by atoms with Crippen LogP contribution in [0.2, 0.25) is 0 Å². The Morgan fingerprint density at radius 1 is 1.24 bits per heavy atom. The van der Waals surface area contributed by atoms with Gasteiger partial charge in [-0.1, -0.05) is 12.1 Å². The lowest BCUT2D eigenvalue weighted by molar-refractivity contribution is -0.384. The zero-order chi connectivity index (χ0) is 15.2. The van der Waals surface area contributed by atoms with Gasteiger partial charge in [-0.25, -0.2) is 4.39 Å². The molecule has 21 heavy (non-hydrogen) atoms. The molecule has 0 unspecified atom stereocenters. The standard InChI is InChI=1S/C15H15FN2O3/c1-17-9-12-5-13(16)8-15(7-12)21-10-11-3-2-4-14(6-11)18(19)20/h2-8,17H,9-10H2,1H3. The second-order valence-electron chi connectivity index (χ2n) is 4.54. The van der Waals surface area contributed by atoms with E-state index in [0.717, 1.165) is 5.56 Å². The highest BCUT2D eigenvalue weighted by molar-refractivity contribution is 5.35. The smallest absolute Gasteiger partial charge is 0.269 e. The minimum atomic E-state index is -0.462. The summed E-state index contributed by atoms with van der Waals surface area (Å²) in [5.41, 5.74) is 1.43. The maximum absolute atomic E-state index is 13.4. The minimum Gasteiger partial charge on any atom is -0.489 e. The second-order valence-corrected chi connectivity index (χ2v) is 4.54. The molecule has 0 spiro atoms. The Kier molecular flexibility index (Phi) is 4.84. The molecule has 0 heterocycles. The van der Waals surface area contributed by atoms with Crippen LogP contribution in [0.15, 0.2) is 42.5 Å².